The Morgan fingerprint density at radius 3 is 0.667 bits per heavy atom. The molecule has 0 radical (unpaired) electrons. The van der Waals surface area contributed by atoms with E-state index in [4.69, 9.17) is 0 Å². The molecule has 136 valence electrons. The molecule has 0 aromatic rings. The molecule has 8 heteroatoms. The summed E-state index contributed by atoms with van der Waals surface area (Å²) in [7, 11) is 0. The molecule has 0 aliphatic heterocycles. The van der Waals surface area contributed by atoms with Gasteiger partial charge in [-0.3, -0.25) is 19.2 Å². The molecule has 1 rings (SSSR count). The number of carboxylic acids is 4. The molecule has 0 atom stereocenters. The fourth-order valence-electron chi connectivity index (χ4n) is 5.87. The first-order chi connectivity index (χ1) is 11.0. The van der Waals surface area contributed by atoms with E-state index in [2.05, 4.69) is 0 Å². The van der Waals surface area contributed by atoms with E-state index >= 15 is 0 Å². The van der Waals surface area contributed by atoms with Crippen molar-refractivity contribution in [1.82, 2.24) is 0 Å². The summed E-state index contributed by atoms with van der Waals surface area (Å²) in [5, 5.41) is 39.6. The highest BCUT2D eigenvalue weighted by molar-refractivity contribution is 6.06. The normalized spacial score (nSPS) is 38.2. The fourth-order valence-corrected chi connectivity index (χ4v) is 5.87. The van der Waals surface area contributed by atoms with Crippen molar-refractivity contribution in [3.05, 3.63) is 0 Å². The van der Waals surface area contributed by atoms with Crippen LogP contribution in [-0.4, -0.2) is 44.3 Å². The van der Waals surface area contributed by atoms with Crippen LogP contribution in [0.5, 0.6) is 0 Å². The molecule has 1 aliphatic carbocycles. The average molecular weight is 344 g/mol. The van der Waals surface area contributed by atoms with Crippen LogP contribution in [0.15, 0.2) is 0 Å². The van der Waals surface area contributed by atoms with Crippen molar-refractivity contribution in [3.63, 3.8) is 0 Å². The summed E-state index contributed by atoms with van der Waals surface area (Å²) in [5.74, 6) is -6.32. The molecule has 0 amide bonds. The van der Waals surface area contributed by atoms with Crippen LogP contribution in [-0.2, 0) is 19.2 Å². The van der Waals surface area contributed by atoms with Gasteiger partial charge >= 0.3 is 23.9 Å². The zero-order chi connectivity index (χ0) is 19.1. The van der Waals surface area contributed by atoms with Gasteiger partial charge in [-0.1, -0.05) is 27.7 Å². The fraction of sp³-hybridized carbons (Fsp3) is 0.750. The van der Waals surface area contributed by atoms with E-state index in [0.29, 0.717) is 0 Å². The van der Waals surface area contributed by atoms with E-state index in [0.717, 1.165) is 0 Å². The van der Waals surface area contributed by atoms with Gasteiger partial charge in [0.25, 0.3) is 0 Å². The maximum absolute atomic E-state index is 12.2. The number of carboxylic acid groups (broad SMARTS) is 4. The Labute approximate surface area is 139 Å². The Balaban J connectivity index is 4.19. The third kappa shape index (κ3) is 1.45. The minimum absolute atomic E-state index is 0.294. The topological polar surface area (TPSA) is 149 Å². The van der Waals surface area contributed by atoms with Crippen LogP contribution in [0.2, 0.25) is 0 Å². The highest BCUT2D eigenvalue weighted by Crippen LogP contribution is 2.83. The molecule has 0 spiro atoms. The van der Waals surface area contributed by atoms with E-state index in [-0.39, 0.29) is 25.7 Å². The zero-order valence-corrected chi connectivity index (χ0v) is 14.3. The minimum Gasteiger partial charge on any atom is -0.481 e. The van der Waals surface area contributed by atoms with Gasteiger partial charge in [0.05, 0.1) is 0 Å². The van der Waals surface area contributed by atoms with Crippen molar-refractivity contribution < 1.29 is 39.6 Å². The third-order valence-corrected chi connectivity index (χ3v) is 6.50. The Hall–Kier alpha value is -2.12. The first kappa shape index (κ1) is 19.9. The standard InChI is InChI=1S/C16H24O8/c1-5-13(9(17)18)14(6-2,10(19)20)16(8-4,12(23)24)15(13,7-3)11(21)22/h5-8H2,1-4H3,(H,17,18)(H,19,20)(H,21,22)(H,23,24). The van der Waals surface area contributed by atoms with Crippen LogP contribution in [0.25, 0.3) is 0 Å². The summed E-state index contributed by atoms with van der Waals surface area (Å²) in [5.41, 5.74) is -8.85. The predicted octanol–water partition coefficient (Wildman–Crippen LogP) is 1.92. The highest BCUT2D eigenvalue weighted by Gasteiger charge is 2.95. The monoisotopic (exact) mass is 344 g/mol. The van der Waals surface area contributed by atoms with Crippen LogP contribution in [0.3, 0.4) is 0 Å². The second kappa shape index (κ2) is 5.75. The van der Waals surface area contributed by atoms with Gasteiger partial charge in [-0.2, -0.15) is 0 Å². The summed E-state index contributed by atoms with van der Waals surface area (Å²) < 4.78 is 0. The van der Waals surface area contributed by atoms with Crippen molar-refractivity contribution in [2.24, 2.45) is 21.7 Å². The number of hydrogen-bond acceptors (Lipinski definition) is 4. The molecule has 0 heterocycles. The molecule has 4 N–H and O–H groups in total. The molecule has 1 aliphatic rings. The first-order valence-corrected chi connectivity index (χ1v) is 7.95. The maximum Gasteiger partial charge on any atom is 0.312 e. The van der Waals surface area contributed by atoms with Gasteiger partial charge in [0.15, 0.2) is 0 Å². The SMILES string of the molecule is CCC1(C(=O)O)C(CC)(C(=O)O)C(CC)(C(=O)O)C1(CC)C(=O)O. The van der Waals surface area contributed by atoms with Crippen LogP contribution in [0, 0.1) is 21.7 Å². The molecule has 1 fully saturated rings. The Morgan fingerprint density at radius 2 is 0.625 bits per heavy atom. The summed E-state index contributed by atoms with van der Waals surface area (Å²) >= 11 is 0. The number of rotatable bonds is 8. The summed E-state index contributed by atoms with van der Waals surface area (Å²) in [6.45, 7) is 5.60. The Morgan fingerprint density at radius 1 is 0.500 bits per heavy atom. The molecule has 0 bridgehead atoms. The van der Waals surface area contributed by atoms with Crippen molar-refractivity contribution in [2.75, 3.05) is 0 Å². The van der Waals surface area contributed by atoms with Gasteiger partial charge in [-0.05, 0) is 25.7 Å². The molecular weight excluding hydrogens is 320 g/mol. The Kier molecular flexibility index (Phi) is 4.77. The maximum atomic E-state index is 12.2. The van der Waals surface area contributed by atoms with Crippen molar-refractivity contribution in [2.45, 2.75) is 53.4 Å². The lowest BCUT2D eigenvalue weighted by molar-refractivity contribution is -0.318. The van der Waals surface area contributed by atoms with Crippen molar-refractivity contribution >= 4 is 23.9 Å². The molecular formula is C16H24O8. The number of aliphatic carboxylic acids is 4. The van der Waals surface area contributed by atoms with Crippen molar-refractivity contribution in [3.8, 4) is 0 Å². The lowest BCUT2D eigenvalue weighted by Crippen LogP contribution is -2.87. The smallest absolute Gasteiger partial charge is 0.312 e. The van der Waals surface area contributed by atoms with E-state index in [9.17, 15) is 39.6 Å². The highest BCUT2D eigenvalue weighted by atomic mass is 16.4. The average Bonchev–Trinajstić information content (AvgIpc) is 2.47. The Bertz CT molecular complexity index is 479. The van der Waals surface area contributed by atoms with Gasteiger partial charge in [-0.15, -0.1) is 0 Å². The molecule has 0 aromatic heterocycles. The largest absolute Gasteiger partial charge is 0.481 e. The summed E-state index contributed by atoms with van der Waals surface area (Å²) in [6.07, 6.45) is -1.18. The second-order valence-corrected chi connectivity index (χ2v) is 6.26. The van der Waals surface area contributed by atoms with Gasteiger partial charge in [0, 0.05) is 0 Å². The van der Waals surface area contributed by atoms with Gasteiger partial charge in [0.2, 0.25) is 0 Å². The molecule has 1 saturated carbocycles. The summed E-state index contributed by atoms with van der Waals surface area (Å²) in [4.78, 5) is 48.8. The lowest BCUT2D eigenvalue weighted by atomic mass is 9.21. The molecule has 24 heavy (non-hydrogen) atoms. The van der Waals surface area contributed by atoms with Crippen molar-refractivity contribution in [1.29, 1.82) is 0 Å². The van der Waals surface area contributed by atoms with Crippen LogP contribution in [0.1, 0.15) is 53.4 Å². The molecule has 0 unspecified atom stereocenters. The molecule has 0 saturated heterocycles. The van der Waals surface area contributed by atoms with Gasteiger partial charge in [0.1, 0.15) is 21.7 Å². The first-order valence-electron chi connectivity index (χ1n) is 7.95. The minimum atomic E-state index is -2.21. The van der Waals surface area contributed by atoms with Gasteiger partial charge in [-0.25, -0.2) is 0 Å². The number of carbonyl (C=O) groups is 4. The van der Waals surface area contributed by atoms with E-state index in [1.54, 1.807) is 0 Å². The second-order valence-electron chi connectivity index (χ2n) is 6.26. The van der Waals surface area contributed by atoms with E-state index in [1.165, 1.54) is 27.7 Å². The van der Waals surface area contributed by atoms with Crippen LogP contribution < -0.4 is 0 Å². The van der Waals surface area contributed by atoms with Crippen LogP contribution in [0.4, 0.5) is 0 Å². The molecule has 8 nitrogen and oxygen atoms in total. The van der Waals surface area contributed by atoms with Gasteiger partial charge < -0.3 is 20.4 Å². The number of hydrogen-bond donors (Lipinski definition) is 4. The van der Waals surface area contributed by atoms with Crippen LogP contribution >= 0.6 is 0 Å². The predicted molar refractivity (Wildman–Crippen MR) is 81.4 cm³/mol. The third-order valence-electron chi connectivity index (χ3n) is 6.50. The summed E-state index contributed by atoms with van der Waals surface area (Å²) in [6, 6.07) is 0. The quantitative estimate of drug-likeness (QED) is 0.521. The lowest BCUT2D eigenvalue weighted by Gasteiger charge is -2.74. The molecule has 0 aromatic carbocycles. The van der Waals surface area contributed by atoms with E-state index in [1.807, 2.05) is 0 Å². The van der Waals surface area contributed by atoms with E-state index < -0.39 is 45.5 Å². The zero-order valence-electron chi connectivity index (χ0n) is 14.3.